The van der Waals surface area contributed by atoms with Crippen molar-refractivity contribution in [3.63, 3.8) is 0 Å². The van der Waals surface area contributed by atoms with Crippen molar-refractivity contribution in [2.45, 2.75) is 12.5 Å². The van der Waals surface area contributed by atoms with E-state index in [1.165, 1.54) is 12.1 Å². The number of rotatable bonds is 7. The summed E-state index contributed by atoms with van der Waals surface area (Å²) in [6.07, 6.45) is -0.0224. The third kappa shape index (κ3) is 4.71. The smallest absolute Gasteiger partial charge is 0.347 e. The second-order valence-electron chi connectivity index (χ2n) is 7.24. The molecular weight excluding hydrogens is 430 g/mol. The third-order valence-electron chi connectivity index (χ3n) is 5.08. The number of fused-ring (bicyclic) bond motifs is 1. The van der Waals surface area contributed by atoms with Crippen LogP contribution in [0.4, 0.5) is 5.69 Å². The maximum atomic E-state index is 13.1. The van der Waals surface area contributed by atoms with Crippen molar-refractivity contribution in [3.05, 3.63) is 111 Å². The number of benzene rings is 3. The monoisotopic (exact) mass is 447 g/mol. The van der Waals surface area contributed by atoms with Crippen LogP contribution < -0.4 is 10.9 Å². The second kappa shape index (κ2) is 9.08. The molecule has 0 aliphatic carbocycles. The second-order valence-corrected chi connectivity index (χ2v) is 7.68. The van der Waals surface area contributed by atoms with Gasteiger partial charge in [-0.1, -0.05) is 41.9 Å². The van der Waals surface area contributed by atoms with E-state index < -0.39 is 17.6 Å². The summed E-state index contributed by atoms with van der Waals surface area (Å²) < 4.78 is 5.30. The van der Waals surface area contributed by atoms with Crippen LogP contribution in [0.25, 0.3) is 11.0 Å². The number of para-hydroxylation sites is 1. The number of nitrogens with one attached hydrogen (secondary N) is 1. The number of carboxylic acid groups (broad SMARTS) is 1. The summed E-state index contributed by atoms with van der Waals surface area (Å²) in [6.45, 7) is 0. The van der Waals surface area contributed by atoms with E-state index in [9.17, 15) is 14.4 Å². The fraction of sp³-hybridized carbons (Fsp3) is 0.0800. The minimum Gasteiger partial charge on any atom is -0.478 e. The van der Waals surface area contributed by atoms with Gasteiger partial charge in [-0.15, -0.1) is 0 Å². The number of ketones is 1. The molecule has 3 aromatic carbocycles. The molecule has 0 saturated heterocycles. The zero-order valence-electron chi connectivity index (χ0n) is 16.7. The normalized spacial score (nSPS) is 11.8. The van der Waals surface area contributed by atoms with Gasteiger partial charge in [0.15, 0.2) is 5.78 Å². The molecule has 0 aliphatic heterocycles. The highest BCUT2D eigenvalue weighted by atomic mass is 35.5. The molecule has 2 N–H and O–H groups in total. The molecule has 0 saturated carbocycles. The van der Waals surface area contributed by atoms with E-state index in [1.807, 2.05) is 0 Å². The molecule has 4 aromatic rings. The lowest BCUT2D eigenvalue weighted by Gasteiger charge is -2.20. The Morgan fingerprint density at radius 2 is 1.66 bits per heavy atom. The van der Waals surface area contributed by atoms with E-state index in [0.29, 0.717) is 21.7 Å². The number of halogens is 1. The number of anilines is 1. The first kappa shape index (κ1) is 21.3. The van der Waals surface area contributed by atoms with Gasteiger partial charge in [0.1, 0.15) is 11.1 Å². The van der Waals surface area contributed by atoms with Gasteiger partial charge < -0.3 is 14.8 Å². The molecule has 1 heterocycles. The summed E-state index contributed by atoms with van der Waals surface area (Å²) in [5, 5.41) is 13.6. The van der Waals surface area contributed by atoms with Gasteiger partial charge in [-0.05, 0) is 54.1 Å². The quantitative estimate of drug-likeness (QED) is 0.284. The number of carbonyl (C=O) groups is 2. The molecule has 0 radical (unpaired) electrons. The first-order valence-electron chi connectivity index (χ1n) is 9.82. The molecule has 4 rings (SSSR count). The van der Waals surface area contributed by atoms with Crippen molar-refractivity contribution in [2.75, 3.05) is 5.32 Å². The molecule has 160 valence electrons. The highest BCUT2D eigenvalue weighted by Crippen LogP contribution is 2.26. The third-order valence-corrected chi connectivity index (χ3v) is 5.33. The topological polar surface area (TPSA) is 96.6 Å². The number of aromatic carboxylic acids is 1. The van der Waals surface area contributed by atoms with E-state index in [2.05, 4.69) is 5.32 Å². The van der Waals surface area contributed by atoms with Crippen molar-refractivity contribution in [1.82, 2.24) is 0 Å². The van der Waals surface area contributed by atoms with E-state index in [4.69, 9.17) is 21.1 Å². The number of Topliss-reactive ketones (excluding diaryl/α,β-unsaturated/α-hetero) is 1. The van der Waals surface area contributed by atoms with Crippen LogP contribution in [0.1, 0.15) is 38.7 Å². The van der Waals surface area contributed by atoms with Crippen molar-refractivity contribution in [1.29, 1.82) is 0 Å². The largest absolute Gasteiger partial charge is 0.478 e. The van der Waals surface area contributed by atoms with Crippen LogP contribution in [0.5, 0.6) is 0 Å². The van der Waals surface area contributed by atoms with Gasteiger partial charge in [0.25, 0.3) is 0 Å². The van der Waals surface area contributed by atoms with Gasteiger partial charge in [-0.25, -0.2) is 9.59 Å². The highest BCUT2D eigenvalue weighted by molar-refractivity contribution is 6.30. The van der Waals surface area contributed by atoms with E-state index >= 15 is 0 Å². The van der Waals surface area contributed by atoms with Gasteiger partial charge in [0.2, 0.25) is 0 Å². The Bertz CT molecular complexity index is 1340. The minimum absolute atomic E-state index is 0.0224. The maximum Gasteiger partial charge on any atom is 0.347 e. The molecule has 0 amide bonds. The molecule has 7 heteroatoms. The lowest BCUT2D eigenvalue weighted by Crippen LogP contribution is -2.20. The predicted octanol–water partition coefficient (Wildman–Crippen LogP) is 5.57. The molecule has 6 nitrogen and oxygen atoms in total. The first-order chi connectivity index (χ1) is 15.4. The summed E-state index contributed by atoms with van der Waals surface area (Å²) in [6, 6.07) is 21.3. The average molecular weight is 448 g/mol. The van der Waals surface area contributed by atoms with E-state index in [1.54, 1.807) is 66.7 Å². The Morgan fingerprint density at radius 3 is 2.34 bits per heavy atom. The summed E-state index contributed by atoms with van der Waals surface area (Å²) >= 11 is 6.00. The molecule has 0 aliphatic rings. The Kier molecular flexibility index (Phi) is 6.05. The summed E-state index contributed by atoms with van der Waals surface area (Å²) in [5.41, 5.74) is 1.28. The number of carboxylic acids is 1. The predicted molar refractivity (Wildman–Crippen MR) is 123 cm³/mol. The van der Waals surface area contributed by atoms with Crippen LogP contribution in [0.3, 0.4) is 0 Å². The molecule has 32 heavy (non-hydrogen) atoms. The van der Waals surface area contributed by atoms with Gasteiger partial charge in [0.05, 0.1) is 11.6 Å². The van der Waals surface area contributed by atoms with Crippen LogP contribution in [0.15, 0.2) is 88.1 Å². The molecule has 0 spiro atoms. The van der Waals surface area contributed by atoms with Crippen molar-refractivity contribution >= 4 is 40.0 Å². The van der Waals surface area contributed by atoms with Crippen LogP contribution in [-0.2, 0) is 0 Å². The summed E-state index contributed by atoms with van der Waals surface area (Å²) in [4.78, 5) is 36.6. The standard InChI is InChI=1S/C25H18ClNO5/c26-18-9-5-15(6-10-18)21(27-19-11-7-16(8-12-19)24(29)30)14-22(28)20-13-17-3-1-2-4-23(17)32-25(20)31/h1-13,21,27H,14H2,(H,29,30). The molecular formula is C25H18ClNO5. The van der Waals surface area contributed by atoms with E-state index in [0.717, 1.165) is 5.56 Å². The zero-order chi connectivity index (χ0) is 22.7. The number of hydrogen-bond donors (Lipinski definition) is 2. The maximum absolute atomic E-state index is 13.1. The Balaban J connectivity index is 1.65. The molecule has 1 unspecified atom stereocenters. The van der Waals surface area contributed by atoms with Crippen LogP contribution in [0, 0.1) is 0 Å². The highest BCUT2D eigenvalue weighted by Gasteiger charge is 2.21. The minimum atomic E-state index is -1.02. The van der Waals surface area contributed by atoms with Crippen LogP contribution in [0.2, 0.25) is 5.02 Å². The van der Waals surface area contributed by atoms with Crippen molar-refractivity contribution < 1.29 is 19.1 Å². The first-order valence-corrected chi connectivity index (χ1v) is 10.2. The Hall–Kier alpha value is -3.90. The molecule has 0 fully saturated rings. The summed E-state index contributed by atoms with van der Waals surface area (Å²) in [7, 11) is 0. The fourth-order valence-electron chi connectivity index (χ4n) is 3.41. The van der Waals surface area contributed by atoms with Crippen LogP contribution in [-0.4, -0.2) is 16.9 Å². The summed E-state index contributed by atoms with van der Waals surface area (Å²) in [5.74, 6) is -1.40. The van der Waals surface area contributed by atoms with Crippen LogP contribution >= 0.6 is 11.6 Å². The van der Waals surface area contributed by atoms with Gasteiger partial charge >= 0.3 is 11.6 Å². The van der Waals surface area contributed by atoms with Gasteiger partial charge in [-0.2, -0.15) is 0 Å². The number of hydrogen-bond acceptors (Lipinski definition) is 5. The van der Waals surface area contributed by atoms with Crippen molar-refractivity contribution in [3.8, 4) is 0 Å². The van der Waals surface area contributed by atoms with Gasteiger partial charge in [0, 0.05) is 22.5 Å². The lowest BCUT2D eigenvalue weighted by atomic mass is 9.97. The van der Waals surface area contributed by atoms with Gasteiger partial charge in [-0.3, -0.25) is 4.79 Å². The lowest BCUT2D eigenvalue weighted by molar-refractivity contribution is 0.0696. The zero-order valence-corrected chi connectivity index (χ0v) is 17.5. The SMILES string of the molecule is O=C(O)c1ccc(NC(CC(=O)c2cc3ccccc3oc2=O)c2ccc(Cl)cc2)cc1. The molecule has 1 atom stereocenters. The van der Waals surface area contributed by atoms with E-state index in [-0.39, 0.29) is 23.3 Å². The Morgan fingerprint density at radius 1 is 0.969 bits per heavy atom. The molecule has 0 bridgehead atoms. The Labute approximate surface area is 188 Å². The molecule has 1 aromatic heterocycles. The van der Waals surface area contributed by atoms with Crippen molar-refractivity contribution in [2.24, 2.45) is 0 Å². The number of carbonyl (C=O) groups excluding carboxylic acids is 1. The fourth-order valence-corrected chi connectivity index (χ4v) is 3.54. The average Bonchev–Trinajstić information content (AvgIpc) is 2.79.